The normalized spacial score (nSPS) is 23.1. The van der Waals surface area contributed by atoms with E-state index in [1.165, 1.54) is 0 Å². The number of thiazole rings is 1. The molecular weight excluding hydrogens is 274 g/mol. The molecule has 6 heteroatoms. The highest BCUT2D eigenvalue weighted by Crippen LogP contribution is 2.32. The van der Waals surface area contributed by atoms with Crippen LogP contribution in [0.4, 0.5) is 0 Å². The van der Waals surface area contributed by atoms with Crippen molar-refractivity contribution in [3.63, 3.8) is 0 Å². The second kappa shape index (κ2) is 6.01. The standard InChI is InChI=1S/C14H19N3O2S/c1-3-4-11-7-10(5-6-18-11)13-16-12(17-19-13)14-15-9(2)8-20-14/h8,10-11H,3-7H2,1-2H3/t10-,11-/m0/s1. The molecule has 3 heterocycles. The molecule has 1 aliphatic rings. The molecule has 2 aromatic heterocycles. The summed E-state index contributed by atoms with van der Waals surface area (Å²) in [4.78, 5) is 8.92. The number of aryl methyl sites for hydroxylation is 1. The van der Waals surface area contributed by atoms with Gasteiger partial charge in [-0.25, -0.2) is 4.98 Å². The molecule has 3 rings (SSSR count). The second-order valence-corrected chi connectivity index (χ2v) is 6.11. The topological polar surface area (TPSA) is 61.0 Å². The molecule has 0 radical (unpaired) electrons. The van der Waals surface area contributed by atoms with Gasteiger partial charge in [0, 0.05) is 23.6 Å². The van der Waals surface area contributed by atoms with E-state index in [0.717, 1.165) is 48.9 Å². The molecule has 0 amide bonds. The van der Waals surface area contributed by atoms with E-state index < -0.39 is 0 Å². The fourth-order valence-corrected chi connectivity index (χ4v) is 3.29. The van der Waals surface area contributed by atoms with Gasteiger partial charge in [0.2, 0.25) is 11.7 Å². The van der Waals surface area contributed by atoms with Crippen molar-refractivity contribution < 1.29 is 9.26 Å². The van der Waals surface area contributed by atoms with Crippen LogP contribution in [0.1, 0.15) is 50.1 Å². The van der Waals surface area contributed by atoms with Gasteiger partial charge in [0.05, 0.1) is 6.10 Å². The molecule has 0 spiro atoms. The number of hydrogen-bond donors (Lipinski definition) is 0. The summed E-state index contributed by atoms with van der Waals surface area (Å²) >= 11 is 1.55. The van der Waals surface area contributed by atoms with Crippen molar-refractivity contribution in [2.45, 2.75) is 51.6 Å². The van der Waals surface area contributed by atoms with Gasteiger partial charge in [-0.1, -0.05) is 18.5 Å². The molecule has 2 aromatic rings. The molecule has 1 saturated heterocycles. The lowest BCUT2D eigenvalue weighted by atomic mass is 9.93. The monoisotopic (exact) mass is 293 g/mol. The van der Waals surface area contributed by atoms with Crippen LogP contribution >= 0.6 is 11.3 Å². The molecule has 2 atom stereocenters. The van der Waals surface area contributed by atoms with Gasteiger partial charge in [0.1, 0.15) is 0 Å². The van der Waals surface area contributed by atoms with Gasteiger partial charge in [0.25, 0.3) is 0 Å². The summed E-state index contributed by atoms with van der Waals surface area (Å²) in [5.41, 5.74) is 0.991. The van der Waals surface area contributed by atoms with Crippen molar-refractivity contribution in [3.8, 4) is 10.8 Å². The Morgan fingerprint density at radius 3 is 3.05 bits per heavy atom. The summed E-state index contributed by atoms with van der Waals surface area (Å²) in [5.74, 6) is 1.66. The fourth-order valence-electron chi connectivity index (χ4n) is 2.57. The maximum Gasteiger partial charge on any atom is 0.231 e. The smallest absolute Gasteiger partial charge is 0.231 e. The minimum absolute atomic E-state index is 0.322. The van der Waals surface area contributed by atoms with Gasteiger partial charge in [0.15, 0.2) is 5.01 Å². The number of ether oxygens (including phenoxy) is 1. The Morgan fingerprint density at radius 2 is 2.30 bits per heavy atom. The maximum absolute atomic E-state index is 5.76. The zero-order valence-corrected chi connectivity index (χ0v) is 12.7. The van der Waals surface area contributed by atoms with E-state index >= 15 is 0 Å². The lowest BCUT2D eigenvalue weighted by Gasteiger charge is -2.27. The Morgan fingerprint density at radius 1 is 1.40 bits per heavy atom. The van der Waals surface area contributed by atoms with E-state index in [1.54, 1.807) is 11.3 Å². The first-order valence-electron chi connectivity index (χ1n) is 7.14. The summed E-state index contributed by atoms with van der Waals surface area (Å²) in [5, 5.41) is 6.89. The summed E-state index contributed by atoms with van der Waals surface area (Å²) in [6.07, 6.45) is 4.51. The van der Waals surface area contributed by atoms with E-state index in [1.807, 2.05) is 12.3 Å². The minimum atomic E-state index is 0.322. The van der Waals surface area contributed by atoms with Crippen molar-refractivity contribution in [3.05, 3.63) is 17.0 Å². The molecular formula is C14H19N3O2S. The third kappa shape index (κ3) is 2.91. The zero-order chi connectivity index (χ0) is 13.9. The number of aromatic nitrogens is 3. The second-order valence-electron chi connectivity index (χ2n) is 5.25. The van der Waals surface area contributed by atoms with Gasteiger partial charge >= 0.3 is 0 Å². The van der Waals surface area contributed by atoms with Crippen LogP contribution in [0.3, 0.4) is 0 Å². The third-order valence-corrected chi connectivity index (χ3v) is 4.54. The van der Waals surface area contributed by atoms with Crippen LogP contribution in [0.15, 0.2) is 9.90 Å². The van der Waals surface area contributed by atoms with Gasteiger partial charge in [-0.3, -0.25) is 0 Å². The Hall–Kier alpha value is -1.27. The van der Waals surface area contributed by atoms with E-state index in [4.69, 9.17) is 9.26 Å². The highest BCUT2D eigenvalue weighted by molar-refractivity contribution is 7.13. The van der Waals surface area contributed by atoms with Crippen LogP contribution in [-0.4, -0.2) is 27.8 Å². The van der Waals surface area contributed by atoms with Gasteiger partial charge in [-0.05, 0) is 26.2 Å². The SMILES string of the molecule is CCC[C@H]1C[C@@H](c2nc(-c3nc(C)cs3)no2)CCO1. The summed E-state index contributed by atoms with van der Waals surface area (Å²) in [6, 6.07) is 0. The molecule has 0 aromatic carbocycles. The van der Waals surface area contributed by atoms with Gasteiger partial charge in [-0.15, -0.1) is 11.3 Å². The Kier molecular flexibility index (Phi) is 4.12. The van der Waals surface area contributed by atoms with Crippen LogP contribution in [0.2, 0.25) is 0 Å². The quantitative estimate of drug-likeness (QED) is 0.862. The average molecular weight is 293 g/mol. The molecule has 0 N–H and O–H groups in total. The lowest BCUT2D eigenvalue weighted by molar-refractivity contribution is -0.00302. The van der Waals surface area contributed by atoms with Crippen LogP contribution in [0.25, 0.3) is 10.8 Å². The lowest BCUT2D eigenvalue weighted by Crippen LogP contribution is -2.24. The first kappa shape index (κ1) is 13.7. The molecule has 1 fully saturated rings. The minimum Gasteiger partial charge on any atom is -0.378 e. The van der Waals surface area contributed by atoms with Gasteiger partial charge < -0.3 is 9.26 Å². The van der Waals surface area contributed by atoms with Crippen molar-refractivity contribution in [2.24, 2.45) is 0 Å². The number of rotatable bonds is 4. The largest absolute Gasteiger partial charge is 0.378 e. The van der Waals surface area contributed by atoms with Crippen molar-refractivity contribution in [1.82, 2.24) is 15.1 Å². The predicted octanol–water partition coefficient (Wildman–Crippen LogP) is 3.56. The number of nitrogens with zero attached hydrogens (tertiary/aromatic N) is 3. The summed E-state index contributed by atoms with van der Waals surface area (Å²) in [7, 11) is 0. The first-order valence-corrected chi connectivity index (χ1v) is 8.02. The van der Waals surface area contributed by atoms with E-state index in [2.05, 4.69) is 22.0 Å². The number of hydrogen-bond acceptors (Lipinski definition) is 6. The van der Waals surface area contributed by atoms with E-state index in [9.17, 15) is 0 Å². The maximum atomic E-state index is 5.76. The highest BCUT2D eigenvalue weighted by Gasteiger charge is 2.28. The van der Waals surface area contributed by atoms with Crippen molar-refractivity contribution in [1.29, 1.82) is 0 Å². The fraction of sp³-hybridized carbons (Fsp3) is 0.643. The van der Waals surface area contributed by atoms with Crippen LogP contribution in [-0.2, 0) is 4.74 Å². The van der Waals surface area contributed by atoms with E-state index in [0.29, 0.717) is 17.8 Å². The van der Waals surface area contributed by atoms with Crippen LogP contribution in [0.5, 0.6) is 0 Å². The molecule has 1 aliphatic heterocycles. The molecule has 108 valence electrons. The molecule has 0 bridgehead atoms. The Bertz CT molecular complexity index is 564. The first-order chi connectivity index (χ1) is 9.76. The molecule has 5 nitrogen and oxygen atoms in total. The Labute approximate surface area is 122 Å². The molecule has 0 aliphatic carbocycles. The van der Waals surface area contributed by atoms with Gasteiger partial charge in [-0.2, -0.15) is 4.98 Å². The average Bonchev–Trinajstić information content (AvgIpc) is 3.08. The van der Waals surface area contributed by atoms with E-state index in [-0.39, 0.29) is 0 Å². The molecule has 0 unspecified atom stereocenters. The van der Waals surface area contributed by atoms with Crippen molar-refractivity contribution in [2.75, 3.05) is 6.61 Å². The van der Waals surface area contributed by atoms with Crippen molar-refractivity contribution >= 4 is 11.3 Å². The third-order valence-electron chi connectivity index (χ3n) is 3.58. The molecule has 0 saturated carbocycles. The summed E-state index contributed by atoms with van der Waals surface area (Å²) in [6.45, 7) is 4.93. The zero-order valence-electron chi connectivity index (χ0n) is 11.8. The van der Waals surface area contributed by atoms with Crippen LogP contribution in [0, 0.1) is 6.92 Å². The summed E-state index contributed by atoms with van der Waals surface area (Å²) < 4.78 is 11.2. The Balaban J connectivity index is 1.73. The predicted molar refractivity (Wildman–Crippen MR) is 76.8 cm³/mol. The molecule has 20 heavy (non-hydrogen) atoms. The highest BCUT2D eigenvalue weighted by atomic mass is 32.1. The van der Waals surface area contributed by atoms with Crippen LogP contribution < -0.4 is 0 Å².